The number of rotatable bonds is 8. The quantitative estimate of drug-likeness (QED) is 0.451. The number of alkyl carbamates (subject to hydrolysis) is 1. The summed E-state index contributed by atoms with van der Waals surface area (Å²) in [7, 11) is 1.32. The van der Waals surface area contributed by atoms with Gasteiger partial charge in [0.15, 0.2) is 0 Å². The highest BCUT2D eigenvalue weighted by Crippen LogP contribution is 2.60. The van der Waals surface area contributed by atoms with Gasteiger partial charge in [0.05, 0.1) is 38.7 Å². The maximum Gasteiger partial charge on any atom is 0.407 e. The summed E-state index contributed by atoms with van der Waals surface area (Å²) in [5.41, 5.74) is 5.06. The number of ether oxygens (including phenoxy) is 3. The molecule has 1 saturated heterocycles. The molecule has 5 fully saturated rings. The SMILES string of the molecule is COC(=O)NC(C)(C)/C=C/n1ncc(C(=O)N[C@H]2C3CC4CC2C[C@](COC(N)=O)(C4)C3)c1N1CCOCC1. The van der Waals surface area contributed by atoms with Crippen LogP contribution >= 0.6 is 0 Å². The molecule has 4 aliphatic carbocycles. The van der Waals surface area contributed by atoms with E-state index >= 15 is 0 Å². The summed E-state index contributed by atoms with van der Waals surface area (Å²) in [6.07, 6.45) is 9.03. The molecule has 2 heterocycles. The second-order valence-electron chi connectivity index (χ2n) is 12.2. The lowest BCUT2D eigenvalue weighted by molar-refractivity contribution is -0.0977. The highest BCUT2D eigenvalue weighted by molar-refractivity contribution is 5.99. The summed E-state index contributed by atoms with van der Waals surface area (Å²) in [6.45, 7) is 6.47. The number of nitrogens with zero attached hydrogens (tertiary/aromatic N) is 3. The summed E-state index contributed by atoms with van der Waals surface area (Å²) in [5.74, 6) is 1.87. The van der Waals surface area contributed by atoms with Crippen molar-refractivity contribution in [1.29, 1.82) is 0 Å². The number of carbonyl (C=O) groups is 3. The van der Waals surface area contributed by atoms with Crippen LogP contribution in [-0.4, -0.2) is 79.5 Å². The van der Waals surface area contributed by atoms with Crippen molar-refractivity contribution in [1.82, 2.24) is 20.4 Å². The van der Waals surface area contributed by atoms with E-state index < -0.39 is 17.7 Å². The zero-order valence-electron chi connectivity index (χ0n) is 23.0. The van der Waals surface area contributed by atoms with Gasteiger partial charge in [-0.3, -0.25) is 4.79 Å². The summed E-state index contributed by atoms with van der Waals surface area (Å²) in [6, 6.07) is 0.0790. The largest absolute Gasteiger partial charge is 0.453 e. The van der Waals surface area contributed by atoms with Crippen LogP contribution in [0.1, 0.15) is 56.3 Å². The average Bonchev–Trinajstić information content (AvgIpc) is 3.32. The normalized spacial score (nSPS) is 29.9. The van der Waals surface area contributed by atoms with Crippen molar-refractivity contribution in [3.63, 3.8) is 0 Å². The van der Waals surface area contributed by atoms with E-state index in [0.29, 0.717) is 62.0 Å². The van der Waals surface area contributed by atoms with Gasteiger partial charge in [0.2, 0.25) is 0 Å². The molecule has 12 nitrogen and oxygen atoms in total. The van der Waals surface area contributed by atoms with Crippen molar-refractivity contribution in [3.05, 3.63) is 17.8 Å². The van der Waals surface area contributed by atoms with Crippen molar-refractivity contribution in [2.45, 2.75) is 57.5 Å². The van der Waals surface area contributed by atoms with Crippen LogP contribution in [0.15, 0.2) is 12.3 Å². The number of morpholine rings is 1. The molecule has 1 aromatic rings. The maximum atomic E-state index is 13.8. The number of hydrogen-bond donors (Lipinski definition) is 3. The summed E-state index contributed by atoms with van der Waals surface area (Å²) in [4.78, 5) is 38.9. The van der Waals surface area contributed by atoms with Crippen LogP contribution < -0.4 is 21.3 Å². The predicted octanol–water partition coefficient (Wildman–Crippen LogP) is 2.35. The Morgan fingerprint density at radius 2 is 1.90 bits per heavy atom. The molecule has 3 amide bonds. The monoisotopic (exact) mass is 544 g/mol. The summed E-state index contributed by atoms with van der Waals surface area (Å²) < 4.78 is 17.2. The number of nitrogens with one attached hydrogen (secondary N) is 2. The van der Waals surface area contributed by atoms with Crippen molar-refractivity contribution < 1.29 is 28.6 Å². The first-order valence-electron chi connectivity index (χ1n) is 13.8. The molecule has 4 saturated carbocycles. The molecule has 6 rings (SSSR count). The van der Waals surface area contributed by atoms with Gasteiger partial charge < -0.3 is 35.5 Å². The number of aromatic nitrogens is 2. The molecular weight excluding hydrogens is 504 g/mol. The molecule has 4 bridgehead atoms. The standard InChI is InChI=1S/C27H40N6O6/c1-26(2,31-25(36)37-3)4-5-33-23(32-6-8-38-9-7-32)20(15-29-33)22(34)30-21-18-10-17-11-19(21)14-27(12-17,13-18)16-39-24(28)35/h4-5,15,17-19,21H,6-14,16H2,1-3H3,(H2,28,35)(H,30,34)(H,31,36)/b5-4+/t17?,18?,19?,21-,27-. The van der Waals surface area contributed by atoms with E-state index in [9.17, 15) is 14.4 Å². The first kappa shape index (κ1) is 27.3. The second-order valence-corrected chi connectivity index (χ2v) is 12.2. The van der Waals surface area contributed by atoms with Crippen molar-refractivity contribution in [3.8, 4) is 0 Å². The Labute approximate surface area is 228 Å². The molecule has 1 aliphatic heterocycles. The third-order valence-corrected chi connectivity index (χ3v) is 8.78. The minimum atomic E-state index is -0.721. The fourth-order valence-corrected chi connectivity index (χ4v) is 7.39. The van der Waals surface area contributed by atoms with E-state index in [4.69, 9.17) is 19.9 Å². The molecule has 0 aromatic carbocycles. The van der Waals surface area contributed by atoms with E-state index in [-0.39, 0.29) is 17.4 Å². The van der Waals surface area contributed by atoms with E-state index in [1.165, 1.54) is 7.11 Å². The predicted molar refractivity (Wildman–Crippen MR) is 143 cm³/mol. The van der Waals surface area contributed by atoms with Crippen LogP contribution in [0.2, 0.25) is 0 Å². The highest BCUT2D eigenvalue weighted by Gasteiger charge is 2.56. The molecular formula is C27H40N6O6. The van der Waals surface area contributed by atoms with Gasteiger partial charge in [0.25, 0.3) is 5.91 Å². The van der Waals surface area contributed by atoms with Gasteiger partial charge in [-0.1, -0.05) is 0 Å². The Bertz CT molecular complexity index is 1110. The topological polar surface area (TPSA) is 150 Å². The number of primary amides is 1. The summed E-state index contributed by atoms with van der Waals surface area (Å²) >= 11 is 0. The number of methoxy groups -OCH3 is 1. The van der Waals surface area contributed by atoms with Gasteiger partial charge in [-0.15, -0.1) is 0 Å². The summed E-state index contributed by atoms with van der Waals surface area (Å²) in [5, 5.41) is 10.7. The Balaban J connectivity index is 1.35. The first-order chi connectivity index (χ1) is 18.6. The smallest absolute Gasteiger partial charge is 0.407 e. The molecule has 0 radical (unpaired) electrons. The Morgan fingerprint density at radius 3 is 2.54 bits per heavy atom. The van der Waals surface area contributed by atoms with Gasteiger partial charge in [-0.2, -0.15) is 5.10 Å². The van der Waals surface area contributed by atoms with E-state index in [0.717, 1.165) is 32.1 Å². The molecule has 4 N–H and O–H groups in total. The van der Waals surface area contributed by atoms with Crippen LogP contribution in [-0.2, 0) is 14.2 Å². The van der Waals surface area contributed by atoms with Gasteiger partial charge in [-0.05, 0) is 69.8 Å². The van der Waals surface area contributed by atoms with Crippen molar-refractivity contribution in [2.24, 2.45) is 28.9 Å². The molecule has 39 heavy (non-hydrogen) atoms. The average molecular weight is 545 g/mol. The molecule has 2 unspecified atom stereocenters. The van der Waals surface area contributed by atoms with E-state index in [2.05, 4.69) is 20.6 Å². The molecule has 12 heteroatoms. The van der Waals surface area contributed by atoms with Gasteiger partial charge >= 0.3 is 12.2 Å². The second kappa shape index (κ2) is 10.7. The molecule has 5 aliphatic rings. The van der Waals surface area contributed by atoms with Crippen LogP contribution in [0.4, 0.5) is 15.4 Å². The zero-order chi connectivity index (χ0) is 27.8. The number of nitrogens with two attached hydrogens (primary N) is 1. The van der Waals surface area contributed by atoms with E-state index in [1.807, 2.05) is 19.9 Å². The third kappa shape index (κ3) is 5.85. The van der Waals surface area contributed by atoms with Crippen LogP contribution in [0.5, 0.6) is 0 Å². The highest BCUT2D eigenvalue weighted by atomic mass is 16.5. The molecule has 0 spiro atoms. The fourth-order valence-electron chi connectivity index (χ4n) is 7.39. The van der Waals surface area contributed by atoms with Gasteiger partial charge in [0, 0.05) is 30.7 Å². The fraction of sp³-hybridized carbons (Fsp3) is 0.704. The minimum absolute atomic E-state index is 0.0214. The minimum Gasteiger partial charge on any atom is -0.453 e. The number of hydrogen-bond acceptors (Lipinski definition) is 8. The molecule has 214 valence electrons. The lowest BCUT2D eigenvalue weighted by Crippen LogP contribution is -2.60. The number of amides is 3. The lowest BCUT2D eigenvalue weighted by atomic mass is 9.48. The first-order valence-corrected chi connectivity index (χ1v) is 13.8. The van der Waals surface area contributed by atoms with Gasteiger partial charge in [-0.25, -0.2) is 14.3 Å². The number of carbonyl (C=O) groups excluding carboxylic acids is 3. The third-order valence-electron chi connectivity index (χ3n) is 8.78. The Hall–Kier alpha value is -3.28. The van der Waals surface area contributed by atoms with Crippen LogP contribution in [0.3, 0.4) is 0 Å². The van der Waals surface area contributed by atoms with Crippen molar-refractivity contribution in [2.75, 3.05) is 44.9 Å². The molecule has 2 atom stereocenters. The molecule has 1 aromatic heterocycles. The Morgan fingerprint density at radius 1 is 1.21 bits per heavy atom. The van der Waals surface area contributed by atoms with Crippen LogP contribution in [0, 0.1) is 23.2 Å². The zero-order valence-corrected chi connectivity index (χ0v) is 23.0. The van der Waals surface area contributed by atoms with Crippen molar-refractivity contribution >= 4 is 30.1 Å². The van der Waals surface area contributed by atoms with Gasteiger partial charge in [0.1, 0.15) is 11.4 Å². The lowest BCUT2D eigenvalue weighted by Gasteiger charge is -2.59. The number of anilines is 1. The van der Waals surface area contributed by atoms with Crippen LogP contribution in [0.25, 0.3) is 6.20 Å². The van der Waals surface area contributed by atoms with E-state index in [1.54, 1.807) is 17.1 Å². The maximum absolute atomic E-state index is 13.8. The Kier molecular flexibility index (Phi) is 7.49.